The molecule has 17 rings (SSSR count). The zero-order valence-electron chi connectivity index (χ0n) is 43.7. The zero-order valence-corrected chi connectivity index (χ0v) is 45.3. The van der Waals surface area contributed by atoms with E-state index in [2.05, 4.69) is 237 Å². The number of rotatable bonds is 8. The number of nitrogens with zero attached hydrogens (tertiary/aromatic N) is 4. The number of thiophene rings is 2. The average Bonchev–Trinajstić information content (AvgIpc) is 3.28. The summed E-state index contributed by atoms with van der Waals surface area (Å²) in [5.41, 5.74) is 14.8. The molecule has 0 unspecified atom stereocenters. The van der Waals surface area contributed by atoms with Crippen LogP contribution in [0.15, 0.2) is 264 Å². The van der Waals surface area contributed by atoms with E-state index in [1.165, 1.54) is 10.1 Å². The molecule has 8 heteroatoms. The van der Waals surface area contributed by atoms with Gasteiger partial charge in [-0.1, -0.05) is 176 Å². The highest BCUT2D eigenvalue weighted by molar-refractivity contribution is 7.22. The van der Waals surface area contributed by atoms with Crippen LogP contribution in [0.5, 0.6) is 0 Å². The summed E-state index contributed by atoms with van der Waals surface area (Å²) in [6.45, 7) is 0. The van der Waals surface area contributed by atoms with Gasteiger partial charge in [0.15, 0.2) is 11.6 Å². The Bertz CT molecular complexity index is 5400. The van der Waals surface area contributed by atoms with Gasteiger partial charge in [0, 0.05) is 58.8 Å². The third-order valence-electron chi connectivity index (χ3n) is 15.9. The van der Waals surface area contributed by atoms with Crippen LogP contribution < -0.4 is 0 Å². The Morgan fingerprint density at radius 1 is 0.256 bits per heavy atom. The van der Waals surface area contributed by atoms with Gasteiger partial charge < -0.3 is 8.83 Å². The lowest BCUT2D eigenvalue weighted by molar-refractivity contribution is 0.669. The summed E-state index contributed by atoms with van der Waals surface area (Å²) in [7, 11) is 0. The largest absolute Gasteiger partial charge is 0.456 e. The number of aromatic nitrogens is 4. The third kappa shape index (κ3) is 7.83. The molecule has 0 atom stereocenters. The van der Waals surface area contributed by atoms with Gasteiger partial charge in [0.1, 0.15) is 22.3 Å². The van der Waals surface area contributed by atoms with Gasteiger partial charge in [0.25, 0.3) is 0 Å². The molecule has 6 nitrogen and oxygen atoms in total. The minimum atomic E-state index is 0.628. The van der Waals surface area contributed by atoms with Crippen LogP contribution in [0.4, 0.5) is 0 Å². The second-order valence-electron chi connectivity index (χ2n) is 20.9. The van der Waals surface area contributed by atoms with Gasteiger partial charge in [-0.15, -0.1) is 22.7 Å². The van der Waals surface area contributed by atoms with Crippen LogP contribution in [0.3, 0.4) is 0 Å². The van der Waals surface area contributed by atoms with Crippen LogP contribution in [0.1, 0.15) is 0 Å². The van der Waals surface area contributed by atoms with Crippen molar-refractivity contribution in [2.75, 3.05) is 0 Å². The molecule has 0 radical (unpaired) electrons. The molecule has 0 aliphatic rings. The SMILES string of the molecule is c1ccc(-c2ccccc2-c2cc(-c3cc4ccccc4s3)nc(-c3cc(-c4ccc5cc(-c6cc(-c7cccc8ccccc78)nc(-c7ccc8c(c7)oc7ccccc78)n6)sc5c4)c4oc5cc6ccccc6cc5c4c3)n2)cc1. The van der Waals surface area contributed by atoms with E-state index in [1.54, 1.807) is 22.7 Å². The van der Waals surface area contributed by atoms with E-state index < -0.39 is 0 Å². The predicted molar refractivity (Wildman–Crippen MR) is 341 cm³/mol. The molecule has 0 bridgehead atoms. The van der Waals surface area contributed by atoms with Crippen molar-refractivity contribution in [3.05, 3.63) is 255 Å². The van der Waals surface area contributed by atoms with E-state index in [-0.39, 0.29) is 0 Å². The maximum Gasteiger partial charge on any atom is 0.160 e. The molecular formula is C74H42N4O2S2. The van der Waals surface area contributed by atoms with Gasteiger partial charge in [0.05, 0.1) is 32.5 Å². The number of para-hydroxylation sites is 1. The topological polar surface area (TPSA) is 77.8 Å². The highest BCUT2D eigenvalue weighted by Gasteiger charge is 2.22. The summed E-state index contributed by atoms with van der Waals surface area (Å²) >= 11 is 3.48. The van der Waals surface area contributed by atoms with Crippen molar-refractivity contribution in [3.8, 4) is 88.7 Å². The standard InChI is InChI=1S/C74H42N4O2S2/c1-2-15-43(16-3-1)52-23-9-10-24-54(52)61-41-63(70-39-48-20-7-13-28-68(48)81-70)78-74(76-61)51-34-58(72-60(35-51)59-33-45-18-4-5-19-46(45)36-67(59)80-72)47-29-30-49-40-71(82-69(49)38-47)64-42-62(55-26-14-21-44-17-6-8-22-53(44)55)75-73(77-64)50-31-32-57-56-25-11-12-27-65(56)79-66(57)37-50/h1-42H. The maximum atomic E-state index is 7.03. The Labute approximate surface area is 477 Å². The van der Waals surface area contributed by atoms with Crippen LogP contribution in [-0.4, -0.2) is 19.9 Å². The molecule has 0 aliphatic carbocycles. The summed E-state index contributed by atoms with van der Waals surface area (Å²) in [6.07, 6.45) is 0. The normalized spacial score (nSPS) is 11.9. The first-order valence-corrected chi connectivity index (χ1v) is 28.9. The number of hydrogen-bond acceptors (Lipinski definition) is 8. The molecular weight excluding hydrogens is 1040 g/mol. The number of benzene rings is 11. The van der Waals surface area contributed by atoms with Gasteiger partial charge in [-0.25, -0.2) is 19.9 Å². The monoisotopic (exact) mass is 1080 g/mol. The van der Waals surface area contributed by atoms with Crippen LogP contribution in [0, 0.1) is 0 Å². The average molecular weight is 1080 g/mol. The molecule has 0 aliphatic heterocycles. The van der Waals surface area contributed by atoms with Crippen molar-refractivity contribution in [2.45, 2.75) is 0 Å². The fourth-order valence-electron chi connectivity index (χ4n) is 11.9. The number of hydrogen-bond donors (Lipinski definition) is 0. The Morgan fingerprint density at radius 2 is 0.841 bits per heavy atom. The lowest BCUT2D eigenvalue weighted by Crippen LogP contribution is -1.97. The molecule has 382 valence electrons. The van der Waals surface area contributed by atoms with E-state index in [4.69, 9.17) is 28.8 Å². The van der Waals surface area contributed by atoms with E-state index in [1.807, 2.05) is 18.2 Å². The van der Waals surface area contributed by atoms with E-state index in [9.17, 15) is 0 Å². The Morgan fingerprint density at radius 3 is 1.66 bits per heavy atom. The van der Waals surface area contributed by atoms with Crippen LogP contribution in [-0.2, 0) is 0 Å². The van der Waals surface area contributed by atoms with Gasteiger partial charge >= 0.3 is 0 Å². The smallest absolute Gasteiger partial charge is 0.160 e. The number of fused-ring (bicyclic) bond motifs is 10. The minimum absolute atomic E-state index is 0.628. The van der Waals surface area contributed by atoms with Crippen molar-refractivity contribution in [2.24, 2.45) is 0 Å². The highest BCUT2D eigenvalue weighted by atomic mass is 32.1. The zero-order chi connectivity index (χ0) is 53.8. The first-order valence-electron chi connectivity index (χ1n) is 27.3. The molecule has 6 heterocycles. The first-order chi connectivity index (χ1) is 40.5. The van der Waals surface area contributed by atoms with E-state index in [0.29, 0.717) is 11.6 Å². The molecule has 0 fully saturated rings. The first kappa shape index (κ1) is 46.5. The summed E-state index contributed by atoms with van der Waals surface area (Å²) < 4.78 is 15.8. The molecule has 17 aromatic rings. The van der Waals surface area contributed by atoms with Crippen molar-refractivity contribution >= 4 is 108 Å². The van der Waals surface area contributed by atoms with Crippen molar-refractivity contribution in [1.82, 2.24) is 19.9 Å². The second kappa shape index (κ2) is 18.6. The van der Waals surface area contributed by atoms with Gasteiger partial charge in [-0.3, -0.25) is 0 Å². The summed E-state index contributed by atoms with van der Waals surface area (Å²) in [6, 6.07) is 89.9. The van der Waals surface area contributed by atoms with Crippen molar-refractivity contribution in [1.29, 1.82) is 0 Å². The maximum absolute atomic E-state index is 7.03. The molecule has 0 amide bonds. The predicted octanol–water partition coefficient (Wildman–Crippen LogP) is 21.1. The second-order valence-corrected chi connectivity index (χ2v) is 23.0. The van der Waals surface area contributed by atoms with Gasteiger partial charge in [0.2, 0.25) is 0 Å². The molecule has 0 N–H and O–H groups in total. The Kier molecular flexibility index (Phi) is 10.6. The Balaban J connectivity index is 0.852. The molecule has 0 saturated carbocycles. The third-order valence-corrected chi connectivity index (χ3v) is 18.2. The van der Waals surface area contributed by atoms with Crippen molar-refractivity contribution < 1.29 is 8.83 Å². The van der Waals surface area contributed by atoms with Crippen LogP contribution in [0.2, 0.25) is 0 Å². The lowest BCUT2D eigenvalue weighted by Gasteiger charge is -2.13. The fraction of sp³-hybridized carbons (Fsp3) is 0. The van der Waals surface area contributed by atoms with E-state index >= 15 is 0 Å². The van der Waals surface area contributed by atoms with Crippen molar-refractivity contribution in [3.63, 3.8) is 0 Å². The molecule has 6 aromatic heterocycles. The lowest BCUT2D eigenvalue weighted by atomic mass is 9.96. The van der Waals surface area contributed by atoms with Gasteiger partial charge in [-0.2, -0.15) is 0 Å². The quantitative estimate of drug-likeness (QED) is 0.151. The summed E-state index contributed by atoms with van der Waals surface area (Å²) in [5.74, 6) is 1.26. The number of furan rings is 2. The fourth-order valence-corrected chi connectivity index (χ4v) is 14.0. The molecule has 82 heavy (non-hydrogen) atoms. The van der Waals surface area contributed by atoms with E-state index in [0.717, 1.165) is 153 Å². The minimum Gasteiger partial charge on any atom is -0.456 e. The van der Waals surface area contributed by atoms with Crippen LogP contribution >= 0.6 is 22.7 Å². The molecule has 11 aromatic carbocycles. The van der Waals surface area contributed by atoms with Gasteiger partial charge in [-0.05, 0) is 128 Å². The Hall–Kier alpha value is -10.4. The molecule has 0 saturated heterocycles. The van der Waals surface area contributed by atoms with Crippen LogP contribution in [0.25, 0.3) is 174 Å². The summed E-state index contributed by atoms with van der Waals surface area (Å²) in [5, 5.41) is 11.0. The highest BCUT2D eigenvalue weighted by Crippen LogP contribution is 2.45. The molecule has 0 spiro atoms. The summed E-state index contributed by atoms with van der Waals surface area (Å²) in [4.78, 5) is 23.8.